The Morgan fingerprint density at radius 2 is 0.793 bits per heavy atom. The highest BCUT2D eigenvalue weighted by molar-refractivity contribution is 6.21. The van der Waals surface area contributed by atoms with Gasteiger partial charge in [0.1, 0.15) is 0 Å². The lowest BCUT2D eigenvalue weighted by Crippen LogP contribution is -1.91. The fourth-order valence-corrected chi connectivity index (χ4v) is 9.11. The molecule has 8 aromatic carbocycles. The first-order valence-electron chi connectivity index (χ1n) is 21.8. The molecule has 9 rings (SSSR count). The number of aromatic nitrogens is 1. The molecule has 1 aromatic heterocycles. The topological polar surface area (TPSA) is 12.9 Å². The van der Waals surface area contributed by atoms with E-state index in [1.165, 1.54) is 153 Å². The third kappa shape index (κ3) is 8.05. The van der Waals surface area contributed by atoms with Crippen LogP contribution in [0.4, 0.5) is 0 Å². The molecule has 0 saturated carbocycles. The first-order valence-corrected chi connectivity index (χ1v) is 21.8. The minimum atomic E-state index is 1.02. The summed E-state index contributed by atoms with van der Waals surface area (Å²) < 4.78 is 0. The molecule has 0 aliphatic heterocycles. The van der Waals surface area contributed by atoms with Crippen LogP contribution in [0.5, 0.6) is 0 Å². The second-order valence-corrected chi connectivity index (χ2v) is 16.2. The van der Waals surface area contributed by atoms with E-state index in [0.717, 1.165) is 10.9 Å². The van der Waals surface area contributed by atoms with Crippen LogP contribution in [0.3, 0.4) is 0 Å². The molecule has 0 atom stereocenters. The highest BCUT2D eigenvalue weighted by atomic mass is 14.6. The molecular formula is C57H53N. The Labute approximate surface area is 344 Å². The first kappa shape index (κ1) is 37.5. The predicted molar refractivity (Wildman–Crippen MR) is 252 cm³/mol. The number of fused-ring (bicyclic) bond motifs is 4. The number of hydrogen-bond donors (Lipinski definition) is 0. The van der Waals surface area contributed by atoms with Crippen molar-refractivity contribution in [1.29, 1.82) is 0 Å². The third-order valence-corrected chi connectivity index (χ3v) is 12.3. The molecule has 286 valence electrons. The molecule has 0 aliphatic rings. The van der Waals surface area contributed by atoms with Gasteiger partial charge in [0, 0.05) is 11.6 Å². The number of unbranched alkanes of at least 4 members (excludes halogenated alkanes) is 9. The van der Waals surface area contributed by atoms with Crippen molar-refractivity contribution in [2.45, 2.75) is 77.6 Å². The number of nitrogens with zero attached hydrogens (tertiary/aromatic N) is 1. The van der Waals surface area contributed by atoms with E-state index in [2.05, 4.69) is 170 Å². The van der Waals surface area contributed by atoms with Gasteiger partial charge < -0.3 is 0 Å². The molecule has 0 fully saturated rings. The van der Waals surface area contributed by atoms with Crippen LogP contribution in [-0.2, 0) is 6.42 Å². The van der Waals surface area contributed by atoms with Crippen molar-refractivity contribution < 1.29 is 0 Å². The number of benzene rings is 8. The molecule has 0 unspecified atom stereocenters. The summed E-state index contributed by atoms with van der Waals surface area (Å²) in [6, 6.07) is 60.9. The molecular weight excluding hydrogens is 699 g/mol. The highest BCUT2D eigenvalue weighted by Crippen LogP contribution is 2.44. The van der Waals surface area contributed by atoms with E-state index < -0.39 is 0 Å². The van der Waals surface area contributed by atoms with Gasteiger partial charge in [-0.05, 0) is 119 Å². The third-order valence-electron chi connectivity index (χ3n) is 12.3. The molecule has 0 aliphatic carbocycles. The smallest absolute Gasteiger partial charge is 0.0702 e. The number of pyridine rings is 1. The Morgan fingerprint density at radius 1 is 0.345 bits per heavy atom. The van der Waals surface area contributed by atoms with E-state index in [9.17, 15) is 0 Å². The Kier molecular flexibility index (Phi) is 11.4. The molecule has 1 heteroatoms. The molecule has 0 bridgehead atoms. The molecule has 9 aromatic rings. The molecule has 1 nitrogen and oxygen atoms in total. The van der Waals surface area contributed by atoms with Crippen molar-refractivity contribution in [3.8, 4) is 44.5 Å². The summed E-state index contributed by atoms with van der Waals surface area (Å²) in [5, 5.41) is 8.89. The van der Waals surface area contributed by atoms with Crippen molar-refractivity contribution in [3.63, 3.8) is 0 Å². The average Bonchev–Trinajstić information content (AvgIpc) is 3.28. The van der Waals surface area contributed by atoms with Crippen LogP contribution in [0.1, 0.15) is 76.7 Å². The lowest BCUT2D eigenvalue weighted by atomic mass is 9.85. The predicted octanol–water partition coefficient (Wildman–Crippen LogP) is 16.8. The zero-order valence-electron chi connectivity index (χ0n) is 33.9. The van der Waals surface area contributed by atoms with Crippen molar-refractivity contribution in [3.05, 3.63) is 176 Å². The summed E-state index contributed by atoms with van der Waals surface area (Å²) in [5.41, 5.74) is 12.4. The van der Waals surface area contributed by atoms with Gasteiger partial charge >= 0.3 is 0 Å². The Morgan fingerprint density at radius 3 is 1.36 bits per heavy atom. The van der Waals surface area contributed by atoms with E-state index in [-0.39, 0.29) is 0 Å². The minimum absolute atomic E-state index is 1.02. The Hall–Kier alpha value is -6.05. The van der Waals surface area contributed by atoms with Crippen LogP contribution in [-0.4, -0.2) is 4.98 Å². The Bertz CT molecular complexity index is 2750. The lowest BCUT2D eigenvalue weighted by molar-refractivity contribution is 0.556. The standard InChI is InChI=1S/C57H53N/c1-2-3-4-5-6-7-8-9-10-11-17-41-23-24-49-39-47(34-33-46(49)38-41)42-25-29-44(30-26-42)56-51-19-12-14-21-53(51)57(54-22-15-13-20-52(54)56)45-31-27-43(28-32-45)48-35-36-55-50(40-48)18-16-37-58-55/h12-16,18-40H,2-11,17H2,1H3. The summed E-state index contributed by atoms with van der Waals surface area (Å²) in [5.74, 6) is 0. The van der Waals surface area contributed by atoms with Crippen molar-refractivity contribution >= 4 is 43.2 Å². The molecule has 0 spiro atoms. The summed E-state index contributed by atoms with van der Waals surface area (Å²) >= 11 is 0. The van der Waals surface area contributed by atoms with E-state index in [1.807, 2.05) is 12.3 Å². The maximum absolute atomic E-state index is 4.51. The fraction of sp³-hybridized carbons (Fsp3) is 0.211. The lowest BCUT2D eigenvalue weighted by Gasteiger charge is -2.18. The summed E-state index contributed by atoms with van der Waals surface area (Å²) in [7, 11) is 0. The summed E-state index contributed by atoms with van der Waals surface area (Å²) in [6.07, 6.45) is 16.8. The van der Waals surface area contributed by atoms with Gasteiger partial charge in [-0.2, -0.15) is 0 Å². The van der Waals surface area contributed by atoms with Crippen LogP contribution < -0.4 is 0 Å². The molecule has 1 heterocycles. The molecule has 0 N–H and O–H groups in total. The number of rotatable bonds is 15. The van der Waals surface area contributed by atoms with Crippen LogP contribution in [0.25, 0.3) is 87.7 Å². The number of aryl methyl sites for hydroxylation is 1. The normalized spacial score (nSPS) is 11.6. The van der Waals surface area contributed by atoms with Crippen molar-refractivity contribution in [1.82, 2.24) is 4.98 Å². The zero-order valence-corrected chi connectivity index (χ0v) is 33.9. The van der Waals surface area contributed by atoms with E-state index >= 15 is 0 Å². The average molecular weight is 752 g/mol. The van der Waals surface area contributed by atoms with Gasteiger partial charge in [-0.1, -0.05) is 204 Å². The maximum Gasteiger partial charge on any atom is 0.0702 e. The quantitative estimate of drug-likeness (QED) is 0.0751. The van der Waals surface area contributed by atoms with Gasteiger partial charge in [0.2, 0.25) is 0 Å². The van der Waals surface area contributed by atoms with Gasteiger partial charge in [0.15, 0.2) is 0 Å². The molecule has 0 radical (unpaired) electrons. The second-order valence-electron chi connectivity index (χ2n) is 16.2. The molecule has 0 amide bonds. The fourth-order valence-electron chi connectivity index (χ4n) is 9.11. The van der Waals surface area contributed by atoms with Gasteiger partial charge in [0.25, 0.3) is 0 Å². The minimum Gasteiger partial charge on any atom is -0.256 e. The van der Waals surface area contributed by atoms with Crippen LogP contribution in [0, 0.1) is 0 Å². The van der Waals surface area contributed by atoms with E-state index in [4.69, 9.17) is 0 Å². The van der Waals surface area contributed by atoms with Crippen LogP contribution in [0.15, 0.2) is 170 Å². The van der Waals surface area contributed by atoms with Crippen molar-refractivity contribution in [2.75, 3.05) is 0 Å². The highest BCUT2D eigenvalue weighted by Gasteiger charge is 2.17. The van der Waals surface area contributed by atoms with Crippen molar-refractivity contribution in [2.24, 2.45) is 0 Å². The van der Waals surface area contributed by atoms with Gasteiger partial charge in [-0.3, -0.25) is 4.98 Å². The number of hydrogen-bond acceptors (Lipinski definition) is 1. The zero-order chi connectivity index (χ0) is 39.1. The van der Waals surface area contributed by atoms with Gasteiger partial charge in [-0.25, -0.2) is 0 Å². The largest absolute Gasteiger partial charge is 0.256 e. The first-order chi connectivity index (χ1) is 28.7. The second kappa shape index (κ2) is 17.6. The van der Waals surface area contributed by atoms with E-state index in [0.29, 0.717) is 0 Å². The van der Waals surface area contributed by atoms with Gasteiger partial charge in [0.05, 0.1) is 5.52 Å². The maximum atomic E-state index is 4.51. The summed E-state index contributed by atoms with van der Waals surface area (Å²) in [4.78, 5) is 4.51. The summed E-state index contributed by atoms with van der Waals surface area (Å²) in [6.45, 7) is 2.29. The van der Waals surface area contributed by atoms with Gasteiger partial charge in [-0.15, -0.1) is 0 Å². The SMILES string of the molecule is CCCCCCCCCCCCc1ccc2cc(-c3ccc(-c4c5ccccc5c(-c5ccc(-c6ccc7ncccc7c6)cc5)c5ccccc45)cc3)ccc2c1. The Balaban J connectivity index is 0.944. The van der Waals surface area contributed by atoms with E-state index in [1.54, 1.807) is 0 Å². The molecule has 58 heavy (non-hydrogen) atoms. The van der Waals surface area contributed by atoms with Crippen LogP contribution >= 0.6 is 0 Å². The van der Waals surface area contributed by atoms with Crippen LogP contribution in [0.2, 0.25) is 0 Å². The molecule has 0 saturated heterocycles. The monoisotopic (exact) mass is 751 g/mol.